The quantitative estimate of drug-likeness (QED) is 0.751. The van der Waals surface area contributed by atoms with E-state index in [1.54, 1.807) is 6.20 Å². The molecule has 0 aliphatic heterocycles. The van der Waals surface area contributed by atoms with Gasteiger partial charge in [-0.15, -0.1) is 0 Å². The molecule has 0 saturated heterocycles. The molecule has 18 heavy (non-hydrogen) atoms. The normalized spacial score (nSPS) is 21.1. The molecule has 0 bridgehead atoms. The van der Waals surface area contributed by atoms with E-state index in [9.17, 15) is 0 Å². The second-order valence-electron chi connectivity index (χ2n) is 6.08. The summed E-state index contributed by atoms with van der Waals surface area (Å²) in [5.74, 6) is 1.01. The first kappa shape index (κ1) is 11.3. The van der Waals surface area contributed by atoms with Crippen LogP contribution >= 0.6 is 0 Å². The zero-order chi connectivity index (χ0) is 13.1. The minimum Gasteiger partial charge on any atom is -0.368 e. The first-order valence-corrected chi connectivity index (χ1v) is 6.07. The van der Waals surface area contributed by atoms with E-state index in [2.05, 4.69) is 53.2 Å². The Morgan fingerprint density at radius 2 is 1.89 bits per heavy atom. The van der Waals surface area contributed by atoms with Gasteiger partial charge in [0.15, 0.2) is 5.65 Å². The van der Waals surface area contributed by atoms with Gasteiger partial charge >= 0.3 is 0 Å². The Morgan fingerprint density at radius 1 is 1.22 bits per heavy atom. The smallest absolute Gasteiger partial charge is 0.224 e. The van der Waals surface area contributed by atoms with Crippen LogP contribution < -0.4 is 11.1 Å². The molecular formula is C12H18N6. The van der Waals surface area contributed by atoms with E-state index in [4.69, 9.17) is 5.73 Å². The summed E-state index contributed by atoms with van der Waals surface area (Å²) in [6.45, 7) is 9.01. The predicted molar refractivity (Wildman–Crippen MR) is 71.1 cm³/mol. The van der Waals surface area contributed by atoms with Crippen molar-refractivity contribution < 1.29 is 0 Å². The molecule has 0 amide bonds. The van der Waals surface area contributed by atoms with Crippen molar-refractivity contribution in [3.05, 3.63) is 6.20 Å². The average Bonchev–Trinajstić information content (AvgIpc) is 2.68. The largest absolute Gasteiger partial charge is 0.368 e. The van der Waals surface area contributed by atoms with E-state index in [1.165, 1.54) is 0 Å². The van der Waals surface area contributed by atoms with Gasteiger partial charge in [0, 0.05) is 6.04 Å². The van der Waals surface area contributed by atoms with Crippen LogP contribution in [-0.2, 0) is 0 Å². The van der Waals surface area contributed by atoms with E-state index >= 15 is 0 Å². The number of nitrogen functional groups attached to an aromatic ring is 1. The van der Waals surface area contributed by atoms with Gasteiger partial charge in [-0.05, 0) is 10.8 Å². The van der Waals surface area contributed by atoms with Crippen LogP contribution in [-0.4, -0.2) is 26.2 Å². The molecule has 6 nitrogen and oxygen atoms in total. The molecule has 0 unspecified atom stereocenters. The van der Waals surface area contributed by atoms with Crippen LogP contribution in [0.1, 0.15) is 27.7 Å². The fourth-order valence-corrected chi connectivity index (χ4v) is 2.66. The third-order valence-corrected chi connectivity index (χ3v) is 4.63. The molecule has 2 aromatic heterocycles. The third-order valence-electron chi connectivity index (χ3n) is 4.63. The summed E-state index contributed by atoms with van der Waals surface area (Å²) in [5.41, 5.74) is 6.85. The van der Waals surface area contributed by atoms with Crippen molar-refractivity contribution in [2.24, 2.45) is 10.8 Å². The number of hydrogen-bond donors (Lipinski definition) is 3. The lowest BCUT2D eigenvalue weighted by molar-refractivity contribution is 0.457. The summed E-state index contributed by atoms with van der Waals surface area (Å²) in [4.78, 5) is 8.39. The van der Waals surface area contributed by atoms with Gasteiger partial charge in [0.25, 0.3) is 0 Å². The number of anilines is 2. The van der Waals surface area contributed by atoms with E-state index in [-0.39, 0.29) is 16.8 Å². The molecule has 0 spiro atoms. The van der Waals surface area contributed by atoms with Crippen LogP contribution in [0, 0.1) is 10.8 Å². The number of nitrogens with two attached hydrogens (primary N) is 1. The van der Waals surface area contributed by atoms with Crippen molar-refractivity contribution in [1.29, 1.82) is 0 Å². The van der Waals surface area contributed by atoms with Crippen LogP contribution in [0.15, 0.2) is 6.20 Å². The summed E-state index contributed by atoms with van der Waals surface area (Å²) >= 11 is 0. The Hall–Kier alpha value is -1.85. The first-order chi connectivity index (χ1) is 8.34. The number of nitrogens with zero attached hydrogens (tertiary/aromatic N) is 3. The fourth-order valence-electron chi connectivity index (χ4n) is 2.66. The van der Waals surface area contributed by atoms with Gasteiger partial charge in [0.1, 0.15) is 5.82 Å². The van der Waals surface area contributed by atoms with Crippen molar-refractivity contribution in [3.63, 3.8) is 0 Å². The molecule has 2 aromatic rings. The van der Waals surface area contributed by atoms with Gasteiger partial charge < -0.3 is 11.1 Å². The zero-order valence-electron chi connectivity index (χ0n) is 11.1. The molecule has 0 radical (unpaired) electrons. The molecule has 1 fully saturated rings. The highest BCUT2D eigenvalue weighted by molar-refractivity contribution is 5.87. The van der Waals surface area contributed by atoms with Crippen LogP contribution in [0.4, 0.5) is 11.8 Å². The Labute approximate surface area is 105 Å². The molecule has 4 N–H and O–H groups in total. The summed E-state index contributed by atoms with van der Waals surface area (Å²) in [6.07, 6.45) is 1.72. The molecule has 0 aromatic carbocycles. The lowest BCUT2D eigenvalue weighted by Gasteiger charge is -2.08. The number of aromatic nitrogens is 4. The third kappa shape index (κ3) is 1.31. The predicted octanol–water partition coefficient (Wildman–Crippen LogP) is 1.78. The van der Waals surface area contributed by atoms with Crippen molar-refractivity contribution in [1.82, 2.24) is 20.2 Å². The minimum absolute atomic E-state index is 0.239. The molecule has 96 valence electrons. The lowest BCUT2D eigenvalue weighted by atomic mass is 10.0. The summed E-state index contributed by atoms with van der Waals surface area (Å²) < 4.78 is 0. The van der Waals surface area contributed by atoms with Gasteiger partial charge in [-0.3, -0.25) is 5.10 Å². The molecule has 1 aliphatic carbocycles. The van der Waals surface area contributed by atoms with E-state index in [0.29, 0.717) is 11.7 Å². The summed E-state index contributed by atoms with van der Waals surface area (Å²) in [6, 6.07) is 0.373. The summed E-state index contributed by atoms with van der Waals surface area (Å²) in [7, 11) is 0. The highest BCUT2D eigenvalue weighted by Crippen LogP contribution is 2.63. The Balaban J connectivity index is 1.99. The highest BCUT2D eigenvalue weighted by Gasteiger charge is 2.65. The average molecular weight is 246 g/mol. The number of fused-ring (bicyclic) bond motifs is 1. The van der Waals surface area contributed by atoms with Crippen molar-refractivity contribution >= 4 is 22.8 Å². The SMILES string of the molecule is CC1(C)C(Nc2nc(N)nc3[nH]ncc23)C1(C)C. The van der Waals surface area contributed by atoms with Crippen LogP contribution in [0.2, 0.25) is 0 Å². The molecule has 1 aliphatic rings. The summed E-state index contributed by atoms with van der Waals surface area (Å²) in [5, 5.41) is 11.1. The number of nitrogens with one attached hydrogen (secondary N) is 2. The fraction of sp³-hybridized carbons (Fsp3) is 0.583. The monoisotopic (exact) mass is 246 g/mol. The van der Waals surface area contributed by atoms with Gasteiger partial charge in [0.05, 0.1) is 11.6 Å². The van der Waals surface area contributed by atoms with Gasteiger partial charge in [-0.1, -0.05) is 27.7 Å². The van der Waals surface area contributed by atoms with E-state index in [1.807, 2.05) is 0 Å². The zero-order valence-corrected chi connectivity index (χ0v) is 11.1. The topological polar surface area (TPSA) is 92.5 Å². The van der Waals surface area contributed by atoms with Crippen LogP contribution in [0.25, 0.3) is 11.0 Å². The van der Waals surface area contributed by atoms with Crippen molar-refractivity contribution in [2.75, 3.05) is 11.1 Å². The Morgan fingerprint density at radius 3 is 2.50 bits per heavy atom. The molecular weight excluding hydrogens is 228 g/mol. The number of rotatable bonds is 2. The van der Waals surface area contributed by atoms with E-state index in [0.717, 1.165) is 11.2 Å². The molecule has 1 saturated carbocycles. The van der Waals surface area contributed by atoms with Gasteiger partial charge in [-0.2, -0.15) is 15.1 Å². The van der Waals surface area contributed by atoms with Crippen molar-refractivity contribution in [2.45, 2.75) is 33.7 Å². The lowest BCUT2D eigenvalue weighted by Crippen LogP contribution is -2.12. The van der Waals surface area contributed by atoms with E-state index < -0.39 is 0 Å². The molecule has 2 heterocycles. The number of H-pyrrole nitrogens is 1. The van der Waals surface area contributed by atoms with Gasteiger partial charge in [-0.25, -0.2) is 0 Å². The Bertz CT molecular complexity index is 598. The van der Waals surface area contributed by atoms with Gasteiger partial charge in [0.2, 0.25) is 5.95 Å². The molecule has 6 heteroatoms. The molecule has 3 rings (SSSR count). The second kappa shape index (κ2) is 3.13. The number of aromatic amines is 1. The standard InChI is InChI=1S/C12H18N6/c1-11(2)9(12(11,3)4)15-7-6-5-14-18-8(6)17-10(13)16-7/h5,9H,1-4H3,(H4,13,14,15,16,17,18). The number of hydrogen-bond acceptors (Lipinski definition) is 5. The molecule has 0 atom stereocenters. The second-order valence-corrected chi connectivity index (χ2v) is 6.08. The Kier molecular flexibility index (Phi) is 1.95. The highest BCUT2D eigenvalue weighted by atomic mass is 15.2. The minimum atomic E-state index is 0.239. The van der Waals surface area contributed by atoms with Crippen molar-refractivity contribution in [3.8, 4) is 0 Å². The maximum atomic E-state index is 5.71. The maximum Gasteiger partial charge on any atom is 0.224 e. The van der Waals surface area contributed by atoms with Crippen LogP contribution in [0.5, 0.6) is 0 Å². The first-order valence-electron chi connectivity index (χ1n) is 6.07. The maximum absolute atomic E-state index is 5.71. The van der Waals surface area contributed by atoms with Crippen LogP contribution in [0.3, 0.4) is 0 Å².